The van der Waals surface area contributed by atoms with E-state index in [4.69, 9.17) is 11.6 Å². The highest BCUT2D eigenvalue weighted by Crippen LogP contribution is 2.28. The van der Waals surface area contributed by atoms with Gasteiger partial charge in [0.1, 0.15) is 6.04 Å². The van der Waals surface area contributed by atoms with Gasteiger partial charge in [-0.05, 0) is 43.3 Å². The average Bonchev–Trinajstić information content (AvgIpc) is 3.09. The molecule has 0 radical (unpaired) electrons. The van der Waals surface area contributed by atoms with Crippen molar-refractivity contribution in [2.75, 3.05) is 5.32 Å². The molecule has 140 valence electrons. The van der Waals surface area contributed by atoms with Crippen molar-refractivity contribution in [1.82, 2.24) is 19.7 Å². The minimum absolute atomic E-state index is 0.364. The highest BCUT2D eigenvalue weighted by molar-refractivity contribution is 7.22. The van der Waals surface area contributed by atoms with Gasteiger partial charge in [0, 0.05) is 29.0 Å². The van der Waals surface area contributed by atoms with E-state index in [-0.39, 0.29) is 11.5 Å². The van der Waals surface area contributed by atoms with E-state index in [1.807, 2.05) is 0 Å². The van der Waals surface area contributed by atoms with Gasteiger partial charge < -0.3 is 5.32 Å². The summed E-state index contributed by atoms with van der Waals surface area (Å²) in [5, 5.41) is 8.13. The van der Waals surface area contributed by atoms with E-state index in [0.717, 1.165) is 20.5 Å². The molecular formula is C19H14ClN5O2S. The van der Waals surface area contributed by atoms with E-state index in [0.29, 0.717) is 15.8 Å². The molecule has 0 spiro atoms. The number of halogens is 1. The summed E-state index contributed by atoms with van der Waals surface area (Å²) in [6.45, 7) is 1.62. The first-order valence-corrected chi connectivity index (χ1v) is 9.58. The van der Waals surface area contributed by atoms with Gasteiger partial charge >= 0.3 is 0 Å². The van der Waals surface area contributed by atoms with Crippen molar-refractivity contribution in [1.29, 1.82) is 0 Å². The van der Waals surface area contributed by atoms with E-state index in [9.17, 15) is 9.59 Å². The predicted octanol–water partition coefficient (Wildman–Crippen LogP) is 3.77. The third kappa shape index (κ3) is 3.64. The molecule has 0 saturated heterocycles. The lowest BCUT2D eigenvalue weighted by molar-refractivity contribution is -0.119. The number of fused-ring (bicyclic) bond motifs is 1. The molecule has 0 bridgehead atoms. The van der Waals surface area contributed by atoms with E-state index in [1.165, 1.54) is 17.4 Å². The summed E-state index contributed by atoms with van der Waals surface area (Å²) in [6, 6.07) is 11.1. The van der Waals surface area contributed by atoms with Gasteiger partial charge in [-0.2, -0.15) is 5.10 Å². The molecule has 1 aromatic carbocycles. The number of carbonyl (C=O) groups excluding carboxylic acids is 1. The number of amides is 1. The second kappa shape index (κ2) is 7.49. The second-order valence-corrected chi connectivity index (χ2v) is 7.50. The van der Waals surface area contributed by atoms with Crippen molar-refractivity contribution in [2.24, 2.45) is 0 Å². The first kappa shape index (κ1) is 18.3. The number of benzene rings is 1. The molecule has 9 heteroatoms. The number of thiazole rings is 1. The minimum atomic E-state index is -0.815. The molecule has 3 aromatic heterocycles. The number of pyridine rings is 1. The molecule has 4 aromatic rings. The average molecular weight is 412 g/mol. The maximum Gasteiger partial charge on any atom is 0.267 e. The summed E-state index contributed by atoms with van der Waals surface area (Å²) < 4.78 is 2.03. The molecule has 1 atom stereocenters. The number of rotatable bonds is 4. The predicted molar refractivity (Wildman–Crippen MR) is 110 cm³/mol. The summed E-state index contributed by atoms with van der Waals surface area (Å²) in [7, 11) is 0. The Balaban J connectivity index is 1.60. The van der Waals surface area contributed by atoms with Crippen LogP contribution in [-0.4, -0.2) is 25.7 Å². The van der Waals surface area contributed by atoms with Crippen molar-refractivity contribution in [3.8, 4) is 11.3 Å². The Hall–Kier alpha value is -3.10. The van der Waals surface area contributed by atoms with Crippen LogP contribution in [0.15, 0.2) is 59.7 Å². The van der Waals surface area contributed by atoms with Crippen LogP contribution in [0.2, 0.25) is 5.02 Å². The summed E-state index contributed by atoms with van der Waals surface area (Å²) >= 11 is 7.30. The first-order chi connectivity index (χ1) is 13.5. The number of carbonyl (C=O) groups is 1. The Morgan fingerprint density at radius 3 is 2.75 bits per heavy atom. The molecule has 1 unspecified atom stereocenters. The molecule has 28 heavy (non-hydrogen) atoms. The third-order valence-electron chi connectivity index (χ3n) is 4.13. The molecule has 4 rings (SSSR count). The second-order valence-electron chi connectivity index (χ2n) is 6.03. The van der Waals surface area contributed by atoms with Crippen LogP contribution in [0.4, 0.5) is 5.13 Å². The first-order valence-electron chi connectivity index (χ1n) is 8.38. The summed E-state index contributed by atoms with van der Waals surface area (Å²) in [5.41, 5.74) is 1.76. The lowest BCUT2D eigenvalue weighted by Gasteiger charge is -2.14. The maximum absolute atomic E-state index is 12.7. The Labute approximate surface area is 168 Å². The Morgan fingerprint density at radius 1 is 1.18 bits per heavy atom. The van der Waals surface area contributed by atoms with E-state index < -0.39 is 6.04 Å². The highest BCUT2D eigenvalue weighted by Gasteiger charge is 2.19. The fraction of sp³-hybridized carbons (Fsp3) is 0.105. The zero-order valence-corrected chi connectivity index (χ0v) is 16.2. The van der Waals surface area contributed by atoms with Crippen molar-refractivity contribution in [3.63, 3.8) is 0 Å². The molecule has 0 saturated carbocycles. The van der Waals surface area contributed by atoms with Crippen LogP contribution in [0.25, 0.3) is 21.5 Å². The normalized spacial score (nSPS) is 12.1. The molecule has 1 amide bonds. The largest absolute Gasteiger partial charge is 0.300 e. The van der Waals surface area contributed by atoms with Gasteiger partial charge in [-0.1, -0.05) is 22.9 Å². The van der Waals surface area contributed by atoms with Crippen LogP contribution in [0, 0.1) is 0 Å². The number of hydrogen-bond donors (Lipinski definition) is 1. The number of aromatic nitrogens is 4. The lowest BCUT2D eigenvalue weighted by atomic mass is 10.2. The molecule has 0 aliphatic carbocycles. The molecule has 0 aliphatic rings. The summed E-state index contributed by atoms with van der Waals surface area (Å²) in [5.74, 6) is -0.383. The van der Waals surface area contributed by atoms with Gasteiger partial charge in [-0.25, -0.2) is 9.67 Å². The van der Waals surface area contributed by atoms with Crippen LogP contribution < -0.4 is 10.9 Å². The van der Waals surface area contributed by atoms with Crippen LogP contribution in [0.5, 0.6) is 0 Å². The number of anilines is 1. The Bertz CT molecular complexity index is 1220. The molecule has 1 N–H and O–H groups in total. The summed E-state index contributed by atoms with van der Waals surface area (Å²) in [6.07, 6.45) is 3.28. The molecule has 7 nitrogen and oxygen atoms in total. The molecule has 0 aliphatic heterocycles. The fourth-order valence-corrected chi connectivity index (χ4v) is 3.80. The monoisotopic (exact) mass is 411 g/mol. The number of nitrogens with one attached hydrogen (secondary N) is 1. The zero-order valence-electron chi connectivity index (χ0n) is 14.7. The quantitative estimate of drug-likeness (QED) is 0.552. The topological polar surface area (TPSA) is 89.8 Å². The smallest absolute Gasteiger partial charge is 0.267 e. The van der Waals surface area contributed by atoms with Crippen LogP contribution in [0.1, 0.15) is 13.0 Å². The lowest BCUT2D eigenvalue weighted by Crippen LogP contribution is -2.33. The van der Waals surface area contributed by atoms with Gasteiger partial charge in [-0.15, -0.1) is 0 Å². The Morgan fingerprint density at radius 2 is 1.96 bits per heavy atom. The van der Waals surface area contributed by atoms with Crippen LogP contribution in [0.3, 0.4) is 0 Å². The maximum atomic E-state index is 12.7. The molecule has 0 fully saturated rings. The van der Waals surface area contributed by atoms with E-state index >= 15 is 0 Å². The van der Waals surface area contributed by atoms with Crippen LogP contribution >= 0.6 is 22.9 Å². The van der Waals surface area contributed by atoms with E-state index in [2.05, 4.69) is 20.4 Å². The SMILES string of the molecule is CC(C(=O)Nc1nc2ccc(Cl)cc2s1)n1nc(-c2ccncc2)ccc1=O. The van der Waals surface area contributed by atoms with Crippen molar-refractivity contribution in [3.05, 3.63) is 70.2 Å². The minimum Gasteiger partial charge on any atom is -0.300 e. The van der Waals surface area contributed by atoms with Crippen molar-refractivity contribution in [2.45, 2.75) is 13.0 Å². The Kier molecular flexibility index (Phi) is 4.89. The summed E-state index contributed by atoms with van der Waals surface area (Å²) in [4.78, 5) is 33.3. The van der Waals surface area contributed by atoms with Crippen molar-refractivity contribution < 1.29 is 4.79 Å². The number of hydrogen-bond acceptors (Lipinski definition) is 6. The molecular weight excluding hydrogens is 398 g/mol. The van der Waals surface area contributed by atoms with Gasteiger partial charge in [0.25, 0.3) is 11.5 Å². The van der Waals surface area contributed by atoms with E-state index in [1.54, 1.807) is 55.7 Å². The van der Waals surface area contributed by atoms with Crippen molar-refractivity contribution >= 4 is 44.2 Å². The fourth-order valence-electron chi connectivity index (χ4n) is 2.65. The van der Waals surface area contributed by atoms with Gasteiger partial charge in [-0.3, -0.25) is 14.6 Å². The standard InChI is InChI=1S/C19H14ClN5O2S/c1-11(18(27)23-19-22-15-3-2-13(20)10-16(15)28-19)25-17(26)5-4-14(24-25)12-6-8-21-9-7-12/h2-11H,1H3,(H,22,23,27). The highest BCUT2D eigenvalue weighted by atomic mass is 35.5. The zero-order chi connectivity index (χ0) is 19.7. The van der Waals surface area contributed by atoms with Gasteiger partial charge in [0.15, 0.2) is 5.13 Å². The van der Waals surface area contributed by atoms with Crippen LogP contribution in [-0.2, 0) is 4.79 Å². The van der Waals surface area contributed by atoms with Gasteiger partial charge in [0.05, 0.1) is 15.9 Å². The number of nitrogens with zero attached hydrogens (tertiary/aromatic N) is 4. The van der Waals surface area contributed by atoms with Gasteiger partial charge in [0.2, 0.25) is 0 Å². The molecule has 3 heterocycles. The third-order valence-corrected chi connectivity index (χ3v) is 5.30.